The van der Waals surface area contributed by atoms with Crippen molar-refractivity contribution in [3.05, 3.63) is 53.6 Å². The molecule has 0 saturated carbocycles. The predicted molar refractivity (Wildman–Crippen MR) is 147 cm³/mol. The molecule has 3 N–H and O–H groups in total. The lowest BCUT2D eigenvalue weighted by atomic mass is 10.0. The van der Waals surface area contributed by atoms with Crippen LogP contribution in [-0.2, 0) is 12.4 Å². The van der Waals surface area contributed by atoms with Crippen molar-refractivity contribution < 1.29 is 31.5 Å². The Morgan fingerprint density at radius 1 is 0.875 bits per heavy atom. The van der Waals surface area contributed by atoms with Gasteiger partial charge in [0.15, 0.2) is 0 Å². The first kappa shape index (κ1) is 30.2. The van der Waals surface area contributed by atoms with E-state index in [1.54, 1.807) is 5.48 Å². The molecule has 2 saturated heterocycles. The van der Waals surface area contributed by atoms with E-state index in [1.807, 2.05) is 0 Å². The Kier molecular flexibility index (Phi) is 9.68. The van der Waals surface area contributed by atoms with E-state index in [0.29, 0.717) is 5.69 Å². The van der Waals surface area contributed by atoms with E-state index in [1.165, 1.54) is 24.3 Å². The summed E-state index contributed by atoms with van der Waals surface area (Å²) in [5.41, 5.74) is 0.786. The zero-order valence-electron chi connectivity index (χ0n) is 21.9. The lowest BCUT2D eigenvalue weighted by Crippen LogP contribution is -2.47. The van der Waals surface area contributed by atoms with Crippen molar-refractivity contribution in [1.82, 2.24) is 9.80 Å². The molecular formula is C27H33F6N5OS. The third-order valence-electron chi connectivity index (χ3n) is 7.46. The van der Waals surface area contributed by atoms with E-state index in [-0.39, 0.29) is 11.7 Å². The summed E-state index contributed by atoms with van der Waals surface area (Å²) in [7, 11) is 0. The van der Waals surface area contributed by atoms with Gasteiger partial charge >= 0.3 is 12.4 Å². The Morgan fingerprint density at radius 2 is 1.52 bits per heavy atom. The van der Waals surface area contributed by atoms with Gasteiger partial charge in [0, 0.05) is 56.7 Å². The van der Waals surface area contributed by atoms with Crippen LogP contribution in [0.4, 0.5) is 43.4 Å². The maximum atomic E-state index is 13.3. The highest BCUT2D eigenvalue weighted by molar-refractivity contribution is 7.80. The fraction of sp³-hybridized carbons (Fsp3) is 0.519. The maximum absolute atomic E-state index is 13.3. The van der Waals surface area contributed by atoms with E-state index < -0.39 is 23.5 Å². The minimum absolute atomic E-state index is 0.0223. The van der Waals surface area contributed by atoms with Crippen LogP contribution in [0.5, 0.6) is 0 Å². The van der Waals surface area contributed by atoms with Crippen molar-refractivity contribution in [2.45, 2.75) is 44.1 Å². The highest BCUT2D eigenvalue weighted by Crippen LogP contribution is 2.37. The number of alkyl halides is 6. The summed E-state index contributed by atoms with van der Waals surface area (Å²) in [6.07, 6.45) is -5.75. The van der Waals surface area contributed by atoms with Crippen LogP contribution in [0, 0.1) is 0 Å². The van der Waals surface area contributed by atoms with Crippen LogP contribution in [-0.4, -0.2) is 71.9 Å². The molecule has 0 aliphatic carbocycles. The summed E-state index contributed by atoms with van der Waals surface area (Å²) in [6.45, 7) is 5.50. The average Bonchev–Trinajstić information content (AvgIpc) is 2.93. The number of rotatable bonds is 8. The molecule has 0 bridgehead atoms. The van der Waals surface area contributed by atoms with E-state index in [4.69, 9.17) is 17.4 Å². The number of hydrogen-bond acceptors (Lipinski definition) is 6. The van der Waals surface area contributed by atoms with Gasteiger partial charge in [0.1, 0.15) is 0 Å². The van der Waals surface area contributed by atoms with Crippen molar-refractivity contribution in [1.29, 1.82) is 0 Å². The number of benzene rings is 2. The first-order chi connectivity index (χ1) is 18.9. The van der Waals surface area contributed by atoms with Crippen LogP contribution in [0.1, 0.15) is 36.8 Å². The van der Waals surface area contributed by atoms with Crippen molar-refractivity contribution in [2.24, 2.45) is 0 Å². The normalized spacial score (nSPS) is 17.7. The lowest BCUT2D eigenvalue weighted by Gasteiger charge is -2.37. The quantitative estimate of drug-likeness (QED) is 0.189. The van der Waals surface area contributed by atoms with Gasteiger partial charge in [0.25, 0.3) is 0 Å². The minimum atomic E-state index is -4.59. The van der Waals surface area contributed by atoms with Gasteiger partial charge < -0.3 is 15.1 Å². The molecule has 2 heterocycles. The molecule has 0 spiro atoms. The molecule has 2 aromatic carbocycles. The number of piperidine rings is 1. The van der Waals surface area contributed by atoms with E-state index in [2.05, 4.69) is 20.0 Å². The monoisotopic (exact) mass is 589 g/mol. The molecule has 13 heteroatoms. The van der Waals surface area contributed by atoms with Gasteiger partial charge in [-0.1, -0.05) is 12.2 Å². The van der Waals surface area contributed by atoms with Gasteiger partial charge in [-0.05, 0) is 74.7 Å². The number of anilines is 3. The number of nitrogens with zero attached hydrogens (tertiary/aromatic N) is 3. The van der Waals surface area contributed by atoms with Crippen molar-refractivity contribution in [2.75, 3.05) is 61.5 Å². The Hall–Kier alpha value is -2.77. The van der Waals surface area contributed by atoms with Gasteiger partial charge in [-0.15, -0.1) is 0 Å². The number of halogens is 6. The topological polar surface area (TPSA) is 54.0 Å². The van der Waals surface area contributed by atoms with Crippen LogP contribution in [0.15, 0.2) is 42.5 Å². The van der Waals surface area contributed by atoms with Crippen LogP contribution in [0.25, 0.3) is 0 Å². The Bertz CT molecular complexity index is 1130. The van der Waals surface area contributed by atoms with Crippen LogP contribution < -0.4 is 15.7 Å². The summed E-state index contributed by atoms with van der Waals surface area (Å²) in [6, 6.07) is 9.03. The number of hydrogen-bond donors (Lipinski definition) is 3. The smallest absolute Gasteiger partial charge is 0.382 e. The third kappa shape index (κ3) is 7.91. The lowest BCUT2D eigenvalue weighted by molar-refractivity contribution is -0.138. The fourth-order valence-electron chi connectivity index (χ4n) is 5.18. The second-order valence-electron chi connectivity index (χ2n) is 10.1. The van der Waals surface area contributed by atoms with Gasteiger partial charge in [0.2, 0.25) is 0 Å². The number of nitrogens with one attached hydrogen (secondary N) is 2. The highest BCUT2D eigenvalue weighted by Gasteiger charge is 2.34. The Balaban J connectivity index is 1.15. The summed E-state index contributed by atoms with van der Waals surface area (Å²) in [5.74, 6) is 0. The molecule has 0 amide bonds. The molecule has 6 nitrogen and oxygen atoms in total. The summed E-state index contributed by atoms with van der Waals surface area (Å²) < 4.78 is 78.1. The fourth-order valence-corrected chi connectivity index (χ4v) is 5.50. The second-order valence-corrected chi connectivity index (χ2v) is 10.6. The first-order valence-corrected chi connectivity index (χ1v) is 13.6. The number of likely N-dealkylation sites (tertiary alicyclic amines) is 1. The molecule has 220 valence electrons. The van der Waals surface area contributed by atoms with Gasteiger partial charge in [-0.2, -0.15) is 26.3 Å². The van der Waals surface area contributed by atoms with Gasteiger partial charge in [-0.3, -0.25) is 15.6 Å². The average molecular weight is 590 g/mol. The number of thiocarbonyl (C=S) groups is 1. The van der Waals surface area contributed by atoms with E-state index in [0.717, 1.165) is 100 Å². The molecule has 0 atom stereocenters. The van der Waals surface area contributed by atoms with Crippen molar-refractivity contribution in [3.8, 4) is 0 Å². The molecule has 0 aromatic heterocycles. The van der Waals surface area contributed by atoms with E-state index in [9.17, 15) is 26.3 Å². The zero-order chi connectivity index (χ0) is 28.9. The van der Waals surface area contributed by atoms with Crippen LogP contribution >= 0.6 is 12.2 Å². The Morgan fingerprint density at radius 3 is 2.10 bits per heavy atom. The number of piperazine rings is 1. The van der Waals surface area contributed by atoms with Crippen LogP contribution in [0.2, 0.25) is 0 Å². The van der Waals surface area contributed by atoms with Gasteiger partial charge in [-0.25, -0.2) is 0 Å². The SMILES string of the molecule is ONc1ccc(NC2CCN(C(=S)CCCN3CCN(c4ccc(C(F)(F)F)cc4)CC3)CC2)cc1C(F)(F)F. The van der Waals surface area contributed by atoms with Crippen molar-refractivity contribution >= 4 is 34.3 Å². The molecule has 0 radical (unpaired) electrons. The standard InChI is InChI=1S/C27H33F6N5OS/c28-26(29,30)19-3-6-22(7-4-19)37-16-14-36(15-17-37)11-1-2-25(40)38-12-9-20(10-13-38)34-21-5-8-24(35-39)23(18-21)27(31,32)33/h3-8,18,20,34-35,39H,1-2,9-17H2. The van der Waals surface area contributed by atoms with Crippen LogP contribution in [0.3, 0.4) is 0 Å². The minimum Gasteiger partial charge on any atom is -0.382 e. The van der Waals surface area contributed by atoms with Crippen molar-refractivity contribution in [3.63, 3.8) is 0 Å². The zero-order valence-corrected chi connectivity index (χ0v) is 22.7. The highest BCUT2D eigenvalue weighted by atomic mass is 32.1. The largest absolute Gasteiger partial charge is 0.418 e. The molecule has 4 rings (SSSR count). The summed E-state index contributed by atoms with van der Waals surface area (Å²) >= 11 is 5.66. The molecule has 2 aromatic rings. The van der Waals surface area contributed by atoms with Gasteiger partial charge in [0.05, 0.1) is 21.8 Å². The summed E-state index contributed by atoms with van der Waals surface area (Å²) in [4.78, 5) is 7.49. The molecule has 2 aliphatic heterocycles. The first-order valence-electron chi connectivity index (χ1n) is 13.2. The Labute approximate surface area is 234 Å². The maximum Gasteiger partial charge on any atom is 0.418 e. The van der Waals surface area contributed by atoms with E-state index >= 15 is 0 Å². The predicted octanol–water partition coefficient (Wildman–Crippen LogP) is 6.33. The molecule has 40 heavy (non-hydrogen) atoms. The second kappa shape index (κ2) is 12.8. The molecule has 2 aliphatic rings. The summed E-state index contributed by atoms with van der Waals surface area (Å²) in [5, 5.41) is 12.1. The molecular weight excluding hydrogens is 556 g/mol. The third-order valence-corrected chi connectivity index (χ3v) is 7.92. The molecule has 0 unspecified atom stereocenters. The molecule has 2 fully saturated rings.